The van der Waals surface area contributed by atoms with Crippen LogP contribution in [0.25, 0.3) is 22.3 Å². The second-order valence-corrected chi connectivity index (χ2v) is 27.4. The van der Waals surface area contributed by atoms with Crippen LogP contribution in [0.1, 0.15) is 50.4 Å². The first-order chi connectivity index (χ1) is 33.4. The second kappa shape index (κ2) is 21.7. The molecule has 0 spiro atoms. The maximum atomic E-state index is 14.2. The molecule has 13 atom stereocenters. The van der Waals surface area contributed by atoms with Crippen LogP contribution in [0.5, 0.6) is 0 Å². The molecular weight excluding hydrogens is 1100 g/mol. The number of nitrogens with two attached hydrogens (primary N) is 2. The summed E-state index contributed by atoms with van der Waals surface area (Å²) in [5.74, 6) is -0.123. The number of nitrogens with zero attached hydrogens (tertiary/aromatic N) is 8. The lowest BCUT2D eigenvalue weighted by Gasteiger charge is -2.26. The van der Waals surface area contributed by atoms with Crippen molar-refractivity contribution < 1.29 is 68.7 Å². The van der Waals surface area contributed by atoms with Crippen LogP contribution >= 0.6 is 76.2 Å². The third-order valence-electron chi connectivity index (χ3n) is 11.0. The first kappa shape index (κ1) is 54.3. The smallest absolute Gasteiger partial charge is 0.382 e. The van der Waals surface area contributed by atoms with Gasteiger partial charge in [0.15, 0.2) is 22.6 Å². The summed E-state index contributed by atoms with van der Waals surface area (Å²) in [7, 11) is 1.12. The topological polar surface area (TPSA) is 384 Å². The number of imidazole rings is 2. The lowest BCUT2D eigenvalue weighted by Crippen LogP contribution is -2.33. The molecule has 0 aromatic carbocycles. The summed E-state index contributed by atoms with van der Waals surface area (Å²) in [6, 6.07) is 0. The minimum absolute atomic E-state index is 0.0286. The van der Waals surface area contributed by atoms with Crippen LogP contribution in [-0.2, 0) is 68.7 Å². The molecule has 5 aromatic heterocycles. The van der Waals surface area contributed by atoms with Gasteiger partial charge in [0, 0.05) is 38.1 Å². The summed E-state index contributed by atoms with van der Waals surface area (Å²) < 4.78 is 121. The maximum Gasteiger partial charge on any atom is 0.386 e. The van der Waals surface area contributed by atoms with Crippen LogP contribution in [-0.4, -0.2) is 119 Å². The predicted molar refractivity (Wildman–Crippen MR) is 261 cm³/mol. The second-order valence-electron chi connectivity index (χ2n) is 15.7. The average molecular weight is 1150 g/mol. The van der Waals surface area contributed by atoms with E-state index in [9.17, 15) is 32.6 Å². The van der Waals surface area contributed by atoms with E-state index in [1.807, 2.05) is 0 Å². The number of aromatic amines is 2. The molecule has 0 saturated carbocycles. The van der Waals surface area contributed by atoms with E-state index in [0.29, 0.717) is 0 Å². The Morgan fingerprint density at radius 3 is 1.66 bits per heavy atom. The number of hydrogen-bond acceptors (Lipinski definition) is 25. The number of aryl methyl sites for hydroxylation is 1. The third kappa shape index (κ3) is 12.8. The van der Waals surface area contributed by atoms with E-state index in [2.05, 4.69) is 83.9 Å². The van der Waals surface area contributed by atoms with Gasteiger partial charge in [-0.1, -0.05) is 49.0 Å². The predicted octanol–water partition coefficient (Wildman–Crippen LogP) is 3.88. The number of ether oxygens (including phenoxy) is 3. The summed E-state index contributed by atoms with van der Waals surface area (Å²) in [6.07, 6.45) is -5.34. The van der Waals surface area contributed by atoms with Crippen LogP contribution in [0.2, 0.25) is 0 Å². The van der Waals surface area contributed by atoms with Gasteiger partial charge in [0.2, 0.25) is 5.95 Å². The highest BCUT2D eigenvalue weighted by molar-refractivity contribution is 8.45. The summed E-state index contributed by atoms with van der Waals surface area (Å²) in [5.41, 5.74) is 10.5. The van der Waals surface area contributed by atoms with Gasteiger partial charge in [0.05, 0.1) is 39.1 Å². The van der Waals surface area contributed by atoms with Gasteiger partial charge in [-0.3, -0.25) is 60.4 Å². The molecular formula is C33H46N12O18P4S4. The zero-order valence-corrected chi connectivity index (χ0v) is 44.3. The van der Waals surface area contributed by atoms with Crippen molar-refractivity contribution in [2.75, 3.05) is 45.0 Å². The minimum atomic E-state index is -4.49. The molecule has 8 heterocycles. The Hall–Kier alpha value is -2.94. The zero-order chi connectivity index (χ0) is 51.2. The first-order valence-corrected chi connectivity index (χ1v) is 31.7. The lowest BCUT2D eigenvalue weighted by molar-refractivity contribution is -0.0494. The molecule has 3 saturated heterocycles. The number of thiol groups is 4. The molecule has 3 aliphatic rings. The van der Waals surface area contributed by atoms with Crippen LogP contribution in [0.4, 0.5) is 11.8 Å². The van der Waals surface area contributed by atoms with Crippen molar-refractivity contribution >= 4 is 110 Å². The molecule has 30 nitrogen and oxygen atoms in total. The highest BCUT2D eigenvalue weighted by Gasteiger charge is 2.47. The molecule has 0 amide bonds. The SMILES string of the molecule is CCO[P@](=O)(S)OC1C[C@H](n2cc(C)c(=O)[nH]c2=O)O[C@@H]1CO[P@](=O)(S)OC1C[C@H](n2cnc3c(N)ncnc32)O[C@@H]1CO[P@@](=O)(S)OC1C[C@H](n2cnc3c(=O)[nH]c(N)nc32)O[C@@H]1CO[P@](=O)(S)OC. The number of H-pyrrole nitrogens is 2. The van der Waals surface area contributed by atoms with Crippen molar-refractivity contribution in [2.45, 2.75) is 88.4 Å². The number of anilines is 2. The molecule has 3 unspecified atom stereocenters. The van der Waals surface area contributed by atoms with E-state index in [1.165, 1.54) is 41.2 Å². The fourth-order valence-electron chi connectivity index (χ4n) is 7.75. The maximum absolute atomic E-state index is 14.2. The summed E-state index contributed by atoms with van der Waals surface area (Å²) in [5, 5.41) is 0. The summed E-state index contributed by atoms with van der Waals surface area (Å²) in [6.45, 7) is -15.5. The largest absolute Gasteiger partial charge is 0.386 e. The third-order valence-corrected chi connectivity index (χ3v) is 17.8. The van der Waals surface area contributed by atoms with Gasteiger partial charge in [-0.25, -0.2) is 43.0 Å². The highest BCUT2D eigenvalue weighted by atomic mass is 32.7. The van der Waals surface area contributed by atoms with Crippen molar-refractivity contribution in [3.05, 3.63) is 61.9 Å². The standard InChI is InChI=1S/C33H46N12O18P4S4/c1-4-54-65(50,69)61-16-5-22(43-8-15(2)30(46)42-33(43)48)58-20(16)10-56-66(51,70)62-17-6-23(44-13-38-25-27(34)36-12-37-28(25)44)59-21(17)11-57-67(52,71)63-18-7-24(60-19(18)9-55-64(49,68)53-3)45-14-39-26-29(45)40-32(35)41-31(26)47/h8,12-14,16-24H,4-7,9-11H2,1-3H3,(H,49,68)(H,50,69)(H,51,70)(H,52,71)(H2,34,36,37)(H,42,46,48)(H3,35,40,41,47)/t16?,17?,18?,19-,20-,21-,22-,23-,24-,64-,65+,66+,67-/m1/s1. The molecule has 3 aliphatic heterocycles. The molecule has 0 aliphatic carbocycles. The van der Waals surface area contributed by atoms with Crippen molar-refractivity contribution in [1.29, 1.82) is 0 Å². The Bertz CT molecular complexity index is 3160. The molecule has 38 heteroatoms. The van der Waals surface area contributed by atoms with Crippen LogP contribution in [0, 0.1) is 6.92 Å². The Kier molecular flexibility index (Phi) is 16.6. The van der Waals surface area contributed by atoms with Gasteiger partial charge in [-0.2, -0.15) is 4.98 Å². The lowest BCUT2D eigenvalue weighted by atomic mass is 10.2. The van der Waals surface area contributed by atoms with Gasteiger partial charge >= 0.3 is 32.9 Å². The molecule has 0 bridgehead atoms. The van der Waals surface area contributed by atoms with E-state index < -0.39 is 119 Å². The van der Waals surface area contributed by atoms with Crippen LogP contribution < -0.4 is 28.3 Å². The molecule has 390 valence electrons. The molecule has 0 radical (unpaired) electrons. The van der Waals surface area contributed by atoms with E-state index in [1.54, 1.807) is 6.92 Å². The number of nitrogens with one attached hydrogen (secondary N) is 2. The summed E-state index contributed by atoms with van der Waals surface area (Å²) in [4.78, 5) is 62.7. The van der Waals surface area contributed by atoms with Crippen molar-refractivity contribution in [1.82, 2.24) is 48.6 Å². The minimum Gasteiger partial charge on any atom is -0.382 e. The van der Waals surface area contributed by atoms with Gasteiger partial charge in [0.25, 0.3) is 11.1 Å². The molecule has 5 aromatic rings. The Morgan fingerprint density at radius 2 is 1.14 bits per heavy atom. The fraction of sp³-hybridized carbons (Fsp3) is 0.576. The van der Waals surface area contributed by atoms with Gasteiger partial charge in [-0.15, -0.1) is 0 Å². The Balaban J connectivity index is 1.000. The van der Waals surface area contributed by atoms with Crippen LogP contribution in [0.15, 0.2) is 39.6 Å². The van der Waals surface area contributed by atoms with Gasteiger partial charge in [-0.05, 0) is 13.8 Å². The molecule has 3 fully saturated rings. The normalized spacial score (nSPS) is 28.2. The first-order valence-electron chi connectivity index (χ1n) is 20.9. The monoisotopic (exact) mass is 1150 g/mol. The van der Waals surface area contributed by atoms with E-state index in [0.717, 1.165) is 11.7 Å². The quantitative estimate of drug-likeness (QED) is 0.0381. The molecule has 71 heavy (non-hydrogen) atoms. The van der Waals surface area contributed by atoms with E-state index in [4.69, 9.17) is 61.9 Å². The van der Waals surface area contributed by atoms with Crippen molar-refractivity contribution in [3.8, 4) is 0 Å². The van der Waals surface area contributed by atoms with Gasteiger partial charge < -0.3 is 34.7 Å². The number of rotatable bonds is 21. The number of nitrogen functional groups attached to an aromatic ring is 2. The number of fused-ring (bicyclic) bond motifs is 2. The number of aromatic nitrogens is 10. The fourth-order valence-corrected chi connectivity index (χ4v) is 13.1. The van der Waals surface area contributed by atoms with Crippen LogP contribution in [0.3, 0.4) is 0 Å². The van der Waals surface area contributed by atoms with Gasteiger partial charge in [0.1, 0.15) is 67.2 Å². The Labute approximate surface area is 421 Å². The highest BCUT2D eigenvalue weighted by Crippen LogP contribution is 2.60. The van der Waals surface area contributed by atoms with E-state index >= 15 is 0 Å². The average Bonchev–Trinajstić information content (AvgIpc) is 4.13. The number of hydrogen-bond donors (Lipinski definition) is 8. The zero-order valence-electron chi connectivity index (χ0n) is 37.1. The van der Waals surface area contributed by atoms with Crippen molar-refractivity contribution in [2.24, 2.45) is 0 Å². The van der Waals surface area contributed by atoms with Crippen molar-refractivity contribution in [3.63, 3.8) is 0 Å². The molecule has 8 rings (SSSR count). The summed E-state index contributed by atoms with van der Waals surface area (Å²) >= 11 is 16.4. The molecule has 6 N–H and O–H groups in total. The van der Waals surface area contributed by atoms with E-state index in [-0.39, 0.29) is 65.5 Å². The Morgan fingerprint density at radius 1 is 0.662 bits per heavy atom.